The highest BCUT2D eigenvalue weighted by molar-refractivity contribution is 6.32. The molecule has 2 aromatic carbocycles. The molecule has 1 amide bonds. The normalized spacial score (nSPS) is 10.6. The molecule has 4 nitrogen and oxygen atoms in total. The van der Waals surface area contributed by atoms with Gasteiger partial charge in [0.1, 0.15) is 23.0 Å². The van der Waals surface area contributed by atoms with Crippen LogP contribution < -0.4 is 5.32 Å². The highest BCUT2D eigenvalue weighted by Gasteiger charge is 2.20. The van der Waals surface area contributed by atoms with Crippen molar-refractivity contribution in [2.45, 2.75) is 13.8 Å². The number of rotatable bonds is 2. The molecule has 6 heteroatoms. The molecule has 1 heterocycles. The first-order valence-electron chi connectivity index (χ1n) is 7.11. The Labute approximate surface area is 142 Å². The van der Waals surface area contributed by atoms with E-state index in [9.17, 15) is 9.18 Å². The highest BCUT2D eigenvalue weighted by Crippen LogP contribution is 2.31. The molecule has 120 valence electrons. The standard InChI is InChI=1S/C18H12ClFN2O2/c1-9-6-16-11(7-13(9)19)10(2)17(24-16)18(23)22-15-5-3-4-14(20)12(15)8-21/h3-7H,1-2H3,(H,22,23). The number of hydrogen-bond donors (Lipinski definition) is 1. The number of benzene rings is 2. The maximum atomic E-state index is 13.6. The quantitative estimate of drug-likeness (QED) is 0.715. The second-order valence-electron chi connectivity index (χ2n) is 5.38. The van der Waals surface area contributed by atoms with Crippen molar-refractivity contribution in [1.82, 2.24) is 0 Å². The molecule has 0 bridgehead atoms. The first-order valence-corrected chi connectivity index (χ1v) is 7.49. The predicted molar refractivity (Wildman–Crippen MR) is 89.8 cm³/mol. The van der Waals surface area contributed by atoms with Crippen molar-refractivity contribution in [2.75, 3.05) is 5.32 Å². The van der Waals surface area contributed by atoms with Crippen molar-refractivity contribution >= 4 is 34.2 Å². The smallest absolute Gasteiger partial charge is 0.291 e. The number of furan rings is 1. The largest absolute Gasteiger partial charge is 0.451 e. The Morgan fingerprint density at radius 3 is 2.79 bits per heavy atom. The molecule has 0 saturated heterocycles. The van der Waals surface area contributed by atoms with Crippen LogP contribution in [0.1, 0.15) is 27.2 Å². The van der Waals surface area contributed by atoms with Crippen LogP contribution in [-0.2, 0) is 0 Å². The Hall–Kier alpha value is -2.84. The van der Waals surface area contributed by atoms with Crippen LogP contribution in [0.2, 0.25) is 5.02 Å². The fourth-order valence-electron chi connectivity index (χ4n) is 2.48. The van der Waals surface area contributed by atoms with Gasteiger partial charge in [0.25, 0.3) is 5.91 Å². The summed E-state index contributed by atoms with van der Waals surface area (Å²) in [7, 11) is 0. The lowest BCUT2D eigenvalue weighted by Gasteiger charge is -2.06. The van der Waals surface area contributed by atoms with E-state index < -0.39 is 11.7 Å². The average molecular weight is 343 g/mol. The SMILES string of the molecule is Cc1cc2oc(C(=O)Nc3cccc(F)c3C#N)c(C)c2cc1Cl. The fraction of sp³-hybridized carbons (Fsp3) is 0.111. The van der Waals surface area contributed by atoms with E-state index in [4.69, 9.17) is 21.3 Å². The minimum atomic E-state index is -0.695. The number of nitrogens with one attached hydrogen (secondary N) is 1. The van der Waals surface area contributed by atoms with Gasteiger partial charge in [0, 0.05) is 16.0 Å². The van der Waals surface area contributed by atoms with Gasteiger partial charge in [0.05, 0.1) is 5.69 Å². The predicted octanol–water partition coefficient (Wildman–Crippen LogP) is 4.97. The molecular formula is C18H12ClFN2O2. The number of nitriles is 1. The second kappa shape index (κ2) is 5.99. The molecule has 3 rings (SSSR count). The first kappa shape index (κ1) is 16.0. The number of amides is 1. The first-order chi connectivity index (χ1) is 11.4. The van der Waals surface area contributed by atoms with Gasteiger partial charge in [-0.1, -0.05) is 17.7 Å². The van der Waals surface area contributed by atoms with Crippen molar-refractivity contribution in [3.63, 3.8) is 0 Å². The van der Waals surface area contributed by atoms with Crippen molar-refractivity contribution in [1.29, 1.82) is 5.26 Å². The third-order valence-electron chi connectivity index (χ3n) is 3.80. The van der Waals surface area contributed by atoms with E-state index in [0.29, 0.717) is 16.2 Å². The van der Waals surface area contributed by atoms with Crippen molar-refractivity contribution in [3.05, 3.63) is 63.6 Å². The highest BCUT2D eigenvalue weighted by atomic mass is 35.5. The van der Waals surface area contributed by atoms with Gasteiger partial charge in [-0.05, 0) is 43.7 Å². The van der Waals surface area contributed by atoms with E-state index in [-0.39, 0.29) is 17.0 Å². The molecule has 0 aliphatic rings. The third-order valence-corrected chi connectivity index (χ3v) is 4.20. The molecule has 0 aliphatic heterocycles. The summed E-state index contributed by atoms with van der Waals surface area (Å²) < 4.78 is 19.3. The minimum Gasteiger partial charge on any atom is -0.451 e. The lowest BCUT2D eigenvalue weighted by atomic mass is 10.1. The van der Waals surface area contributed by atoms with E-state index in [1.807, 2.05) is 6.92 Å². The van der Waals surface area contributed by atoms with Gasteiger partial charge in [-0.3, -0.25) is 4.79 Å². The summed E-state index contributed by atoms with van der Waals surface area (Å²) in [5.74, 6) is -1.15. The van der Waals surface area contributed by atoms with E-state index in [0.717, 1.165) is 17.0 Å². The summed E-state index contributed by atoms with van der Waals surface area (Å²) in [5, 5.41) is 12.9. The molecule has 0 saturated carbocycles. The number of fused-ring (bicyclic) bond motifs is 1. The maximum absolute atomic E-state index is 13.6. The van der Waals surface area contributed by atoms with E-state index in [1.165, 1.54) is 12.1 Å². The monoisotopic (exact) mass is 342 g/mol. The number of carbonyl (C=O) groups is 1. The van der Waals surface area contributed by atoms with Crippen LogP contribution in [0.25, 0.3) is 11.0 Å². The van der Waals surface area contributed by atoms with Gasteiger partial charge in [-0.25, -0.2) is 4.39 Å². The van der Waals surface area contributed by atoms with Crippen LogP contribution >= 0.6 is 11.6 Å². The van der Waals surface area contributed by atoms with Crippen LogP contribution in [0.3, 0.4) is 0 Å². The Morgan fingerprint density at radius 1 is 1.33 bits per heavy atom. The van der Waals surface area contributed by atoms with Gasteiger partial charge in [-0.15, -0.1) is 0 Å². The number of halogens is 2. The molecule has 0 fully saturated rings. The van der Waals surface area contributed by atoms with Gasteiger partial charge in [0.2, 0.25) is 0 Å². The van der Waals surface area contributed by atoms with Crippen LogP contribution in [-0.4, -0.2) is 5.91 Å². The summed E-state index contributed by atoms with van der Waals surface area (Å²) in [4.78, 5) is 12.5. The summed E-state index contributed by atoms with van der Waals surface area (Å²) in [6, 6.07) is 9.27. The van der Waals surface area contributed by atoms with E-state index >= 15 is 0 Å². The van der Waals surface area contributed by atoms with E-state index in [1.54, 1.807) is 25.1 Å². The van der Waals surface area contributed by atoms with Gasteiger partial charge < -0.3 is 9.73 Å². The third kappa shape index (κ3) is 2.61. The van der Waals surface area contributed by atoms with Crippen molar-refractivity contribution < 1.29 is 13.6 Å². The van der Waals surface area contributed by atoms with Crippen molar-refractivity contribution in [2.24, 2.45) is 0 Å². The number of nitrogens with zero attached hydrogens (tertiary/aromatic N) is 1. The zero-order chi connectivity index (χ0) is 17.4. The summed E-state index contributed by atoms with van der Waals surface area (Å²) >= 11 is 6.12. The number of hydrogen-bond acceptors (Lipinski definition) is 3. The van der Waals surface area contributed by atoms with Gasteiger partial charge in [0.15, 0.2) is 5.76 Å². The Kier molecular flexibility index (Phi) is 4.00. The molecule has 0 radical (unpaired) electrons. The van der Waals surface area contributed by atoms with Gasteiger partial charge in [-0.2, -0.15) is 5.26 Å². The summed E-state index contributed by atoms with van der Waals surface area (Å²) in [5.41, 5.74) is 1.87. The Balaban J connectivity index is 2.03. The summed E-state index contributed by atoms with van der Waals surface area (Å²) in [6.45, 7) is 3.58. The molecule has 0 aliphatic carbocycles. The molecule has 0 atom stereocenters. The zero-order valence-electron chi connectivity index (χ0n) is 12.9. The molecule has 1 N–H and O–H groups in total. The number of carbonyl (C=O) groups excluding carboxylic acids is 1. The molecule has 0 spiro atoms. The molecule has 24 heavy (non-hydrogen) atoms. The lowest BCUT2D eigenvalue weighted by molar-refractivity contribution is 0.0998. The second-order valence-corrected chi connectivity index (χ2v) is 5.79. The van der Waals surface area contributed by atoms with Crippen LogP contribution in [0.4, 0.5) is 10.1 Å². The number of anilines is 1. The lowest BCUT2D eigenvalue weighted by Crippen LogP contribution is -2.13. The number of aryl methyl sites for hydroxylation is 2. The molecule has 1 aromatic heterocycles. The Morgan fingerprint density at radius 2 is 2.08 bits per heavy atom. The van der Waals surface area contributed by atoms with Gasteiger partial charge >= 0.3 is 0 Å². The van der Waals surface area contributed by atoms with Crippen LogP contribution in [0.15, 0.2) is 34.7 Å². The maximum Gasteiger partial charge on any atom is 0.291 e. The minimum absolute atomic E-state index is 0.0940. The topological polar surface area (TPSA) is 66.0 Å². The Bertz CT molecular complexity index is 1020. The average Bonchev–Trinajstić information content (AvgIpc) is 2.85. The molecule has 0 unspecified atom stereocenters. The molecular weight excluding hydrogens is 331 g/mol. The fourth-order valence-corrected chi connectivity index (χ4v) is 2.64. The van der Waals surface area contributed by atoms with Crippen LogP contribution in [0, 0.1) is 31.0 Å². The van der Waals surface area contributed by atoms with E-state index in [2.05, 4.69) is 5.32 Å². The van der Waals surface area contributed by atoms with Crippen molar-refractivity contribution in [3.8, 4) is 6.07 Å². The summed E-state index contributed by atoms with van der Waals surface area (Å²) in [6.07, 6.45) is 0. The zero-order valence-corrected chi connectivity index (χ0v) is 13.7. The van der Waals surface area contributed by atoms with Crippen LogP contribution in [0.5, 0.6) is 0 Å². The molecule has 3 aromatic rings.